The SMILES string of the molecule is C.OCC1OC=C[C@@H](O)[C@@H]1O. The highest BCUT2D eigenvalue weighted by Gasteiger charge is 2.27. The maximum Gasteiger partial charge on any atom is 0.149 e. The fourth-order valence-electron chi connectivity index (χ4n) is 0.792. The number of ether oxygens (including phenoxy) is 1. The van der Waals surface area contributed by atoms with Crippen LogP contribution in [-0.2, 0) is 4.74 Å². The van der Waals surface area contributed by atoms with E-state index in [9.17, 15) is 0 Å². The first-order valence-electron chi connectivity index (χ1n) is 3.05. The highest BCUT2D eigenvalue weighted by atomic mass is 16.5. The van der Waals surface area contributed by atoms with E-state index < -0.39 is 18.3 Å². The molecule has 3 atom stereocenters. The lowest BCUT2D eigenvalue weighted by molar-refractivity contribution is -0.0808. The number of hydrogen-bond donors (Lipinski definition) is 3. The fraction of sp³-hybridized carbons (Fsp3) is 0.714. The smallest absolute Gasteiger partial charge is 0.149 e. The molecule has 3 N–H and O–H groups in total. The molecule has 0 aromatic rings. The topological polar surface area (TPSA) is 69.9 Å². The van der Waals surface area contributed by atoms with Crippen LogP contribution in [0.1, 0.15) is 7.43 Å². The van der Waals surface area contributed by atoms with Crippen LogP contribution >= 0.6 is 0 Å². The van der Waals surface area contributed by atoms with Crippen LogP contribution in [0, 0.1) is 0 Å². The summed E-state index contributed by atoms with van der Waals surface area (Å²) in [6, 6.07) is 0. The third kappa shape index (κ3) is 2.18. The van der Waals surface area contributed by atoms with Gasteiger partial charge in [-0.3, -0.25) is 0 Å². The minimum atomic E-state index is -1.02. The molecule has 0 aromatic carbocycles. The van der Waals surface area contributed by atoms with E-state index in [2.05, 4.69) is 0 Å². The van der Waals surface area contributed by atoms with E-state index in [1.165, 1.54) is 12.3 Å². The van der Waals surface area contributed by atoms with Gasteiger partial charge in [-0.05, 0) is 6.08 Å². The highest BCUT2D eigenvalue weighted by molar-refractivity contribution is 4.96. The third-order valence-electron chi connectivity index (χ3n) is 1.44. The van der Waals surface area contributed by atoms with E-state index in [0.717, 1.165) is 0 Å². The average Bonchev–Trinajstić information content (AvgIpc) is 1.95. The second-order valence-corrected chi connectivity index (χ2v) is 2.17. The van der Waals surface area contributed by atoms with Gasteiger partial charge in [-0.25, -0.2) is 0 Å². The Morgan fingerprint density at radius 2 is 2.00 bits per heavy atom. The highest BCUT2D eigenvalue weighted by Crippen LogP contribution is 2.10. The van der Waals surface area contributed by atoms with Gasteiger partial charge in [0.15, 0.2) is 0 Å². The first-order chi connectivity index (χ1) is 4.75. The Morgan fingerprint density at radius 1 is 1.36 bits per heavy atom. The molecular formula is C7H14O4. The van der Waals surface area contributed by atoms with Crippen molar-refractivity contribution in [2.45, 2.75) is 25.7 Å². The lowest BCUT2D eigenvalue weighted by atomic mass is 10.1. The van der Waals surface area contributed by atoms with Crippen molar-refractivity contribution in [1.82, 2.24) is 0 Å². The molecule has 0 saturated carbocycles. The minimum absolute atomic E-state index is 0. The summed E-state index contributed by atoms with van der Waals surface area (Å²) in [7, 11) is 0. The summed E-state index contributed by atoms with van der Waals surface area (Å²) in [5.74, 6) is 0. The predicted octanol–water partition coefficient (Wildman–Crippen LogP) is -0.751. The normalized spacial score (nSPS) is 35.7. The Hall–Kier alpha value is -0.580. The van der Waals surface area contributed by atoms with Gasteiger partial charge in [0.1, 0.15) is 18.3 Å². The second kappa shape index (κ2) is 4.33. The third-order valence-corrected chi connectivity index (χ3v) is 1.44. The van der Waals surface area contributed by atoms with Crippen LogP contribution < -0.4 is 0 Å². The maximum absolute atomic E-state index is 9.05. The zero-order chi connectivity index (χ0) is 7.56. The van der Waals surface area contributed by atoms with Crippen LogP contribution in [0.5, 0.6) is 0 Å². The first kappa shape index (κ1) is 10.4. The molecule has 4 heteroatoms. The Balaban J connectivity index is 0.000001000. The van der Waals surface area contributed by atoms with Gasteiger partial charge in [0.25, 0.3) is 0 Å². The van der Waals surface area contributed by atoms with Gasteiger partial charge >= 0.3 is 0 Å². The molecule has 0 aromatic heterocycles. The van der Waals surface area contributed by atoms with Crippen molar-refractivity contribution in [1.29, 1.82) is 0 Å². The van der Waals surface area contributed by atoms with Crippen LogP contribution in [0.2, 0.25) is 0 Å². The van der Waals surface area contributed by atoms with E-state index in [1.54, 1.807) is 0 Å². The van der Waals surface area contributed by atoms with E-state index in [4.69, 9.17) is 20.1 Å². The molecule has 0 saturated heterocycles. The van der Waals surface area contributed by atoms with E-state index in [1.807, 2.05) is 0 Å². The van der Waals surface area contributed by atoms with Crippen molar-refractivity contribution in [3.8, 4) is 0 Å². The first-order valence-corrected chi connectivity index (χ1v) is 3.05. The van der Waals surface area contributed by atoms with Crippen molar-refractivity contribution < 1.29 is 20.1 Å². The van der Waals surface area contributed by atoms with Gasteiger partial charge in [-0.15, -0.1) is 0 Å². The zero-order valence-corrected chi connectivity index (χ0v) is 5.34. The van der Waals surface area contributed by atoms with E-state index >= 15 is 0 Å². The van der Waals surface area contributed by atoms with E-state index in [0.29, 0.717) is 0 Å². The molecule has 0 amide bonds. The van der Waals surface area contributed by atoms with Gasteiger partial charge in [-0.2, -0.15) is 0 Å². The van der Waals surface area contributed by atoms with E-state index in [-0.39, 0.29) is 14.0 Å². The molecule has 1 rings (SSSR count). The average molecular weight is 162 g/mol. The lowest BCUT2D eigenvalue weighted by Crippen LogP contribution is -2.42. The van der Waals surface area contributed by atoms with Crippen molar-refractivity contribution in [3.05, 3.63) is 12.3 Å². The molecule has 1 aliphatic heterocycles. The number of aliphatic hydroxyl groups excluding tert-OH is 3. The maximum atomic E-state index is 9.05. The molecule has 0 bridgehead atoms. The molecule has 0 aliphatic carbocycles. The van der Waals surface area contributed by atoms with Crippen LogP contribution in [0.3, 0.4) is 0 Å². The summed E-state index contributed by atoms with van der Waals surface area (Å²) in [5.41, 5.74) is 0. The monoisotopic (exact) mass is 162 g/mol. The number of rotatable bonds is 1. The predicted molar refractivity (Wildman–Crippen MR) is 39.8 cm³/mol. The van der Waals surface area contributed by atoms with Gasteiger partial charge in [0.05, 0.1) is 12.9 Å². The Bertz CT molecular complexity index is 134. The summed E-state index contributed by atoms with van der Waals surface area (Å²) in [4.78, 5) is 0. The molecule has 66 valence electrons. The van der Waals surface area contributed by atoms with Gasteiger partial charge < -0.3 is 20.1 Å². The molecule has 4 nitrogen and oxygen atoms in total. The van der Waals surface area contributed by atoms with Crippen molar-refractivity contribution >= 4 is 0 Å². The van der Waals surface area contributed by atoms with Crippen molar-refractivity contribution in [3.63, 3.8) is 0 Å². The molecular weight excluding hydrogens is 148 g/mol. The molecule has 0 fully saturated rings. The van der Waals surface area contributed by atoms with Crippen LogP contribution in [0.15, 0.2) is 12.3 Å². The number of hydrogen-bond acceptors (Lipinski definition) is 4. The van der Waals surface area contributed by atoms with Gasteiger partial charge in [0, 0.05) is 0 Å². The molecule has 11 heavy (non-hydrogen) atoms. The van der Waals surface area contributed by atoms with Gasteiger partial charge in [0.2, 0.25) is 0 Å². The molecule has 1 heterocycles. The Labute approximate surface area is 65.7 Å². The fourth-order valence-corrected chi connectivity index (χ4v) is 0.792. The standard InChI is InChI=1S/C6H10O4.CH4/c7-3-5-6(9)4(8)1-2-10-5;/h1-2,4-9H,3H2;1H4/t4-,5?,6+;/m1./s1. The summed E-state index contributed by atoms with van der Waals surface area (Å²) < 4.78 is 4.77. The zero-order valence-electron chi connectivity index (χ0n) is 5.34. The largest absolute Gasteiger partial charge is 0.493 e. The molecule has 1 aliphatic rings. The quantitative estimate of drug-likeness (QED) is 0.474. The molecule has 0 spiro atoms. The second-order valence-electron chi connectivity index (χ2n) is 2.17. The Kier molecular flexibility index (Phi) is 4.10. The lowest BCUT2D eigenvalue weighted by Gasteiger charge is -2.26. The molecule has 1 unspecified atom stereocenters. The van der Waals surface area contributed by atoms with Crippen LogP contribution in [0.25, 0.3) is 0 Å². The van der Waals surface area contributed by atoms with Crippen molar-refractivity contribution in [2.75, 3.05) is 6.61 Å². The summed E-state index contributed by atoms with van der Waals surface area (Å²) in [6.07, 6.45) is -0.0318. The van der Waals surface area contributed by atoms with Crippen molar-refractivity contribution in [2.24, 2.45) is 0 Å². The molecule has 0 radical (unpaired) electrons. The summed E-state index contributed by atoms with van der Waals surface area (Å²) in [5, 5.41) is 26.6. The van der Waals surface area contributed by atoms with Crippen LogP contribution in [-0.4, -0.2) is 40.2 Å². The minimum Gasteiger partial charge on any atom is -0.493 e. The van der Waals surface area contributed by atoms with Gasteiger partial charge in [-0.1, -0.05) is 7.43 Å². The summed E-state index contributed by atoms with van der Waals surface area (Å²) in [6.45, 7) is -0.289. The van der Waals surface area contributed by atoms with Crippen LogP contribution in [0.4, 0.5) is 0 Å². The summed E-state index contributed by atoms with van der Waals surface area (Å²) >= 11 is 0. The Morgan fingerprint density at radius 3 is 2.45 bits per heavy atom. The number of aliphatic hydroxyl groups is 3.